The van der Waals surface area contributed by atoms with Crippen molar-refractivity contribution in [3.63, 3.8) is 0 Å². The molecule has 0 atom stereocenters. The summed E-state index contributed by atoms with van der Waals surface area (Å²) in [6.45, 7) is 9.05. The molecule has 0 radical (unpaired) electrons. The third-order valence-electron chi connectivity index (χ3n) is 12.4. The van der Waals surface area contributed by atoms with E-state index in [2.05, 4.69) is 176 Å². The average molecular weight is 724 g/mol. The van der Waals surface area contributed by atoms with Gasteiger partial charge in [-0.15, -0.1) is 11.3 Å². The van der Waals surface area contributed by atoms with Crippen molar-refractivity contribution in [3.8, 4) is 5.69 Å². The molecule has 55 heavy (non-hydrogen) atoms. The first-order valence-electron chi connectivity index (χ1n) is 19.2. The first-order valence-corrected chi connectivity index (χ1v) is 20.0. The minimum Gasteiger partial charge on any atom is -0.468 e. The van der Waals surface area contributed by atoms with Gasteiger partial charge in [0.15, 0.2) is 0 Å². The molecule has 0 saturated heterocycles. The summed E-state index contributed by atoms with van der Waals surface area (Å²) in [5.41, 5.74) is 17.9. The average Bonchev–Trinajstić information content (AvgIpc) is 3.87. The van der Waals surface area contributed by atoms with Gasteiger partial charge in [0.25, 0.3) is 6.71 Å². The molecule has 0 spiro atoms. The number of hydrogen-bond donors (Lipinski definition) is 0. The molecule has 3 aliphatic heterocycles. The zero-order valence-corrected chi connectivity index (χ0v) is 31.8. The molecule has 6 heteroatoms. The zero-order valence-electron chi connectivity index (χ0n) is 30.9. The van der Waals surface area contributed by atoms with Crippen LogP contribution in [0, 0.1) is 6.92 Å². The number of anilines is 6. The number of benzene rings is 7. The van der Waals surface area contributed by atoms with Gasteiger partial charge in [-0.25, -0.2) is 0 Å². The Bertz CT molecular complexity index is 3360. The van der Waals surface area contributed by atoms with E-state index >= 15 is 0 Å². The minimum absolute atomic E-state index is 0.0177. The van der Waals surface area contributed by atoms with Crippen LogP contribution in [0.1, 0.15) is 31.9 Å². The second-order valence-electron chi connectivity index (χ2n) is 16.6. The fraction of sp³-hybridized carbons (Fsp3) is 0.102. The number of fused-ring (bicyclic) bond motifs is 14. The number of hydrogen-bond acceptors (Lipinski definition) is 4. The van der Waals surface area contributed by atoms with Crippen molar-refractivity contribution >= 4 is 122 Å². The maximum Gasteiger partial charge on any atom is 0.297 e. The number of thiophene rings is 1. The SMILES string of the molecule is Cc1cc2c3c(c1)N1c4c(cccc4-n4c5ccccc5c5cccc1c54)B3c1oc3ccc(C(C)(C)C)cc3c1N2c1ccc2sc3ccccc3c2c1. The smallest absolute Gasteiger partial charge is 0.297 e. The molecule has 4 nitrogen and oxygen atoms in total. The van der Waals surface area contributed by atoms with Gasteiger partial charge in [0, 0.05) is 53.4 Å². The summed E-state index contributed by atoms with van der Waals surface area (Å²) in [5, 5.41) is 6.30. The van der Waals surface area contributed by atoms with E-state index in [1.165, 1.54) is 92.5 Å². The third kappa shape index (κ3) is 3.73. The van der Waals surface area contributed by atoms with Gasteiger partial charge in [0.05, 0.1) is 39.4 Å². The number of nitrogens with zero attached hydrogens (tertiary/aromatic N) is 3. The second kappa shape index (κ2) is 10.1. The van der Waals surface area contributed by atoms with Gasteiger partial charge in [0.2, 0.25) is 0 Å². The highest BCUT2D eigenvalue weighted by atomic mass is 32.1. The topological polar surface area (TPSA) is 24.6 Å². The highest BCUT2D eigenvalue weighted by Gasteiger charge is 2.48. The summed E-state index contributed by atoms with van der Waals surface area (Å²) in [6.07, 6.45) is 0. The number of para-hydroxylation sites is 3. The number of furan rings is 1. The lowest BCUT2D eigenvalue weighted by atomic mass is 9.35. The largest absolute Gasteiger partial charge is 0.468 e. The normalized spacial score (nSPS) is 14.1. The highest BCUT2D eigenvalue weighted by Crippen LogP contribution is 2.53. The second-order valence-corrected chi connectivity index (χ2v) is 17.7. The van der Waals surface area contributed by atoms with Crippen LogP contribution < -0.4 is 26.4 Å². The molecule has 0 saturated carbocycles. The molecule has 10 aromatic rings. The summed E-state index contributed by atoms with van der Waals surface area (Å²) >= 11 is 1.87. The van der Waals surface area contributed by atoms with Crippen LogP contribution in [0.15, 0.2) is 138 Å². The van der Waals surface area contributed by atoms with Crippen LogP contribution in [0.5, 0.6) is 0 Å². The van der Waals surface area contributed by atoms with E-state index in [-0.39, 0.29) is 12.1 Å². The quantitative estimate of drug-likeness (QED) is 0.158. The van der Waals surface area contributed by atoms with Gasteiger partial charge in [0.1, 0.15) is 5.58 Å². The molecule has 6 heterocycles. The lowest BCUT2D eigenvalue weighted by molar-refractivity contribution is 0.590. The summed E-state index contributed by atoms with van der Waals surface area (Å²) in [4.78, 5) is 5.09. The van der Waals surface area contributed by atoms with E-state index in [4.69, 9.17) is 4.42 Å². The van der Waals surface area contributed by atoms with Crippen LogP contribution in [0.4, 0.5) is 34.1 Å². The zero-order chi connectivity index (χ0) is 36.5. The maximum atomic E-state index is 7.23. The monoisotopic (exact) mass is 723 g/mol. The van der Waals surface area contributed by atoms with E-state index in [9.17, 15) is 0 Å². The molecule has 0 unspecified atom stereocenters. The van der Waals surface area contributed by atoms with Crippen LogP contribution in [0.3, 0.4) is 0 Å². The van der Waals surface area contributed by atoms with E-state index in [1.54, 1.807) is 0 Å². The van der Waals surface area contributed by atoms with Crippen molar-refractivity contribution in [2.75, 3.05) is 9.80 Å². The Balaban J connectivity index is 1.18. The molecule has 7 aromatic carbocycles. The minimum atomic E-state index is -0.0955. The van der Waals surface area contributed by atoms with Crippen LogP contribution in [-0.4, -0.2) is 11.3 Å². The Hall–Kier alpha value is -6.24. The van der Waals surface area contributed by atoms with Crippen molar-refractivity contribution in [3.05, 3.63) is 145 Å². The Morgan fingerprint density at radius 2 is 1.33 bits per heavy atom. The van der Waals surface area contributed by atoms with Crippen molar-refractivity contribution in [1.29, 1.82) is 0 Å². The molecule has 13 rings (SSSR count). The fourth-order valence-corrected chi connectivity index (χ4v) is 11.2. The Kier molecular flexibility index (Phi) is 5.53. The van der Waals surface area contributed by atoms with Gasteiger partial charge >= 0.3 is 0 Å². The molecular weight excluding hydrogens is 689 g/mol. The summed E-state index contributed by atoms with van der Waals surface area (Å²) in [5.74, 6) is 0. The van der Waals surface area contributed by atoms with Gasteiger partial charge in [-0.05, 0) is 101 Å². The molecule has 3 aliphatic rings. The summed E-state index contributed by atoms with van der Waals surface area (Å²) in [7, 11) is 0. The molecular formula is C49H34BN3OS. The van der Waals surface area contributed by atoms with Crippen LogP contribution in [0.25, 0.3) is 58.6 Å². The summed E-state index contributed by atoms with van der Waals surface area (Å²) in [6, 6.07) is 50.1. The standard InChI is InChI=1S/C49H34BN3OS/c1-27-23-39-44-40(24-27)53-37-16-9-13-32-30-11-5-7-15-36(30)52(45(32)37)38-17-10-14-35(47(38)53)50(44)48-46(34-25-28(49(2,3)4)19-21-41(34)54-48)51(39)29-20-22-43-33(26-29)31-12-6-8-18-42(31)55-43/h5-26H,1-4H3. The first-order chi connectivity index (χ1) is 26.8. The third-order valence-corrected chi connectivity index (χ3v) is 13.6. The van der Waals surface area contributed by atoms with Crippen molar-refractivity contribution in [1.82, 2.24) is 4.57 Å². The van der Waals surface area contributed by atoms with E-state index in [1.807, 2.05) is 11.3 Å². The predicted molar refractivity (Wildman–Crippen MR) is 234 cm³/mol. The van der Waals surface area contributed by atoms with Crippen molar-refractivity contribution in [2.45, 2.75) is 33.1 Å². The fourth-order valence-electron chi connectivity index (χ4n) is 10.1. The number of rotatable bonds is 1. The Morgan fingerprint density at radius 1 is 0.582 bits per heavy atom. The van der Waals surface area contributed by atoms with Gasteiger partial charge in [-0.3, -0.25) is 0 Å². The number of aromatic nitrogens is 1. The van der Waals surface area contributed by atoms with E-state index in [0.717, 1.165) is 28.0 Å². The van der Waals surface area contributed by atoms with E-state index < -0.39 is 0 Å². The van der Waals surface area contributed by atoms with Gasteiger partial charge in [-0.2, -0.15) is 0 Å². The summed E-state index contributed by atoms with van der Waals surface area (Å²) < 4.78 is 12.4. The maximum absolute atomic E-state index is 7.23. The van der Waals surface area contributed by atoms with Crippen LogP contribution >= 0.6 is 11.3 Å². The predicted octanol–water partition coefficient (Wildman–Crippen LogP) is 11.9. The van der Waals surface area contributed by atoms with Crippen molar-refractivity contribution in [2.24, 2.45) is 0 Å². The molecule has 0 aliphatic carbocycles. The molecule has 260 valence electrons. The van der Waals surface area contributed by atoms with Gasteiger partial charge < -0.3 is 18.8 Å². The first kappa shape index (κ1) is 30.1. The Morgan fingerprint density at radius 3 is 2.20 bits per heavy atom. The highest BCUT2D eigenvalue weighted by molar-refractivity contribution is 7.25. The van der Waals surface area contributed by atoms with Gasteiger partial charge in [-0.1, -0.05) is 87.5 Å². The number of aryl methyl sites for hydroxylation is 1. The van der Waals surface area contributed by atoms with Crippen molar-refractivity contribution < 1.29 is 4.42 Å². The lowest BCUT2D eigenvalue weighted by Crippen LogP contribution is -2.61. The van der Waals surface area contributed by atoms with Crippen LogP contribution in [0.2, 0.25) is 0 Å². The molecule has 3 aromatic heterocycles. The molecule has 0 amide bonds. The van der Waals surface area contributed by atoms with E-state index in [0.29, 0.717) is 0 Å². The van der Waals surface area contributed by atoms with Crippen LogP contribution in [-0.2, 0) is 5.41 Å². The molecule has 0 bridgehead atoms. The Labute approximate surface area is 322 Å². The molecule has 0 N–H and O–H groups in total. The molecule has 0 fully saturated rings. The lowest BCUT2D eigenvalue weighted by Gasteiger charge is -2.45.